The molecule has 1 amide bonds. The van der Waals surface area contributed by atoms with Gasteiger partial charge in [0.05, 0.1) is 11.3 Å². The van der Waals surface area contributed by atoms with Crippen LogP contribution in [0.15, 0.2) is 45.9 Å². The number of carbonyl (C=O) groups is 1. The number of amidine groups is 1. The van der Waals surface area contributed by atoms with Crippen molar-refractivity contribution in [1.29, 1.82) is 0 Å². The standard InChI is InChI=1S/C22H34N6OS/c23-19-8-4-5-9-20(19)26-14-18(22(25)29)21(24)27-15-10-12-17(13-11-15)30-28-16-6-2-1-3-7-16/h10-14,16,19-20,26,28H,1-9,23H2,(H2,24,27)(H2,25,29)/b18-14+. The van der Waals surface area contributed by atoms with Gasteiger partial charge in [0.1, 0.15) is 5.84 Å². The molecule has 0 aliphatic heterocycles. The van der Waals surface area contributed by atoms with Crippen molar-refractivity contribution in [2.75, 3.05) is 0 Å². The molecule has 3 rings (SSSR count). The van der Waals surface area contributed by atoms with Gasteiger partial charge in [-0.05, 0) is 61.9 Å². The van der Waals surface area contributed by atoms with Gasteiger partial charge >= 0.3 is 0 Å². The molecule has 1 aromatic carbocycles. The van der Waals surface area contributed by atoms with Crippen LogP contribution in [0.3, 0.4) is 0 Å². The fourth-order valence-electron chi connectivity index (χ4n) is 3.99. The van der Waals surface area contributed by atoms with Crippen LogP contribution in [0, 0.1) is 0 Å². The van der Waals surface area contributed by atoms with Crippen LogP contribution in [-0.2, 0) is 4.79 Å². The summed E-state index contributed by atoms with van der Waals surface area (Å²) < 4.78 is 3.55. The Hall–Kier alpha value is -2.03. The van der Waals surface area contributed by atoms with Gasteiger partial charge in [0.15, 0.2) is 0 Å². The summed E-state index contributed by atoms with van der Waals surface area (Å²) in [6, 6.07) is 8.55. The molecule has 1 aromatic rings. The van der Waals surface area contributed by atoms with Gasteiger partial charge in [-0.3, -0.25) is 9.52 Å². The van der Waals surface area contributed by atoms with Gasteiger partial charge in [0.2, 0.25) is 0 Å². The van der Waals surface area contributed by atoms with Crippen LogP contribution in [0.1, 0.15) is 57.8 Å². The Kier molecular flexibility index (Phi) is 8.60. The molecule has 0 spiro atoms. The molecule has 8 heteroatoms. The zero-order valence-corrected chi connectivity index (χ0v) is 18.3. The number of amides is 1. The van der Waals surface area contributed by atoms with Crippen molar-refractivity contribution in [1.82, 2.24) is 10.0 Å². The number of hydrogen-bond acceptors (Lipinski definition) is 6. The Morgan fingerprint density at radius 1 is 1.00 bits per heavy atom. The van der Waals surface area contributed by atoms with E-state index in [0.717, 1.165) is 30.6 Å². The number of aliphatic imine (C=N–C) groups is 1. The van der Waals surface area contributed by atoms with Crippen molar-refractivity contribution in [3.8, 4) is 0 Å². The van der Waals surface area contributed by atoms with Crippen molar-refractivity contribution < 1.29 is 4.79 Å². The third-order valence-electron chi connectivity index (χ3n) is 5.84. The van der Waals surface area contributed by atoms with Crippen molar-refractivity contribution in [3.63, 3.8) is 0 Å². The fraction of sp³-hybridized carbons (Fsp3) is 0.545. The highest BCUT2D eigenvalue weighted by atomic mass is 32.2. The second-order valence-corrected chi connectivity index (χ2v) is 9.10. The highest BCUT2D eigenvalue weighted by Crippen LogP contribution is 2.24. The number of nitrogens with two attached hydrogens (primary N) is 3. The van der Waals surface area contributed by atoms with E-state index in [9.17, 15) is 4.79 Å². The Morgan fingerprint density at radius 3 is 2.33 bits per heavy atom. The predicted octanol–water partition coefficient (Wildman–Crippen LogP) is 2.83. The van der Waals surface area contributed by atoms with Crippen LogP contribution in [0.2, 0.25) is 0 Å². The number of rotatable bonds is 8. The van der Waals surface area contributed by atoms with E-state index >= 15 is 0 Å². The average molecular weight is 431 g/mol. The maximum absolute atomic E-state index is 11.9. The molecule has 0 saturated heterocycles. The molecular weight excluding hydrogens is 396 g/mol. The van der Waals surface area contributed by atoms with Crippen molar-refractivity contribution in [3.05, 3.63) is 36.0 Å². The quantitative estimate of drug-likeness (QED) is 0.186. The van der Waals surface area contributed by atoms with Crippen LogP contribution in [-0.4, -0.2) is 29.9 Å². The second kappa shape index (κ2) is 11.4. The first-order valence-corrected chi connectivity index (χ1v) is 11.7. The molecule has 8 N–H and O–H groups in total. The predicted molar refractivity (Wildman–Crippen MR) is 124 cm³/mol. The van der Waals surface area contributed by atoms with Gasteiger partial charge in [0, 0.05) is 29.2 Å². The summed E-state index contributed by atoms with van der Waals surface area (Å²) in [5, 5.41) is 3.22. The van der Waals surface area contributed by atoms with Crippen molar-refractivity contribution >= 4 is 29.4 Å². The fourth-order valence-corrected chi connectivity index (χ4v) is 4.80. The SMILES string of the molecule is NC(=O)/C(=C/NC1CCCCC1N)C(N)=Nc1ccc(SNC2CCCCC2)cc1. The molecule has 2 aliphatic carbocycles. The largest absolute Gasteiger partial charge is 0.386 e. The monoisotopic (exact) mass is 430 g/mol. The molecule has 164 valence electrons. The van der Waals surface area contributed by atoms with Crippen molar-refractivity contribution in [2.45, 2.75) is 80.8 Å². The lowest BCUT2D eigenvalue weighted by Gasteiger charge is -2.29. The lowest BCUT2D eigenvalue weighted by molar-refractivity contribution is -0.114. The third-order valence-corrected chi connectivity index (χ3v) is 6.80. The van der Waals surface area contributed by atoms with E-state index in [-0.39, 0.29) is 23.5 Å². The molecule has 2 saturated carbocycles. The smallest absolute Gasteiger partial charge is 0.253 e. The number of primary amides is 1. The number of benzene rings is 1. The van der Waals surface area contributed by atoms with E-state index in [2.05, 4.69) is 15.0 Å². The lowest BCUT2D eigenvalue weighted by atomic mass is 9.91. The Bertz CT molecular complexity index is 757. The van der Waals surface area contributed by atoms with Crippen molar-refractivity contribution in [2.24, 2.45) is 22.2 Å². The van der Waals surface area contributed by atoms with E-state index in [1.54, 1.807) is 18.1 Å². The van der Waals surface area contributed by atoms with Crippen LogP contribution < -0.4 is 27.2 Å². The summed E-state index contributed by atoms with van der Waals surface area (Å²) >= 11 is 1.65. The first kappa shape index (κ1) is 22.7. The van der Waals surface area contributed by atoms with Gasteiger partial charge in [-0.15, -0.1) is 0 Å². The summed E-state index contributed by atoms with van der Waals surface area (Å²) in [7, 11) is 0. The Morgan fingerprint density at radius 2 is 1.67 bits per heavy atom. The highest BCUT2D eigenvalue weighted by molar-refractivity contribution is 7.97. The van der Waals surface area contributed by atoms with E-state index in [1.165, 1.54) is 32.1 Å². The van der Waals surface area contributed by atoms with Crippen LogP contribution in [0.5, 0.6) is 0 Å². The number of hydrogen-bond donors (Lipinski definition) is 5. The summed E-state index contributed by atoms with van der Waals surface area (Å²) in [6.07, 6.45) is 12.2. The van der Waals surface area contributed by atoms with E-state index in [0.29, 0.717) is 11.7 Å². The molecule has 2 unspecified atom stereocenters. The van der Waals surface area contributed by atoms with Gasteiger partial charge in [-0.25, -0.2) is 4.99 Å². The molecule has 30 heavy (non-hydrogen) atoms. The van der Waals surface area contributed by atoms with E-state index in [1.807, 2.05) is 24.3 Å². The summed E-state index contributed by atoms with van der Waals surface area (Å²) in [5.74, 6) is -0.517. The Balaban J connectivity index is 1.59. The summed E-state index contributed by atoms with van der Waals surface area (Å²) in [4.78, 5) is 17.4. The highest BCUT2D eigenvalue weighted by Gasteiger charge is 2.21. The minimum absolute atomic E-state index is 0.0644. The van der Waals surface area contributed by atoms with Crippen LogP contribution in [0.4, 0.5) is 5.69 Å². The number of nitrogens with one attached hydrogen (secondary N) is 2. The van der Waals surface area contributed by atoms with Crippen LogP contribution in [0.25, 0.3) is 0 Å². The van der Waals surface area contributed by atoms with E-state index < -0.39 is 5.91 Å². The zero-order chi connectivity index (χ0) is 21.3. The van der Waals surface area contributed by atoms with Gasteiger partial charge in [-0.1, -0.05) is 32.1 Å². The third kappa shape index (κ3) is 6.75. The maximum atomic E-state index is 11.9. The van der Waals surface area contributed by atoms with Gasteiger partial charge < -0.3 is 22.5 Å². The molecule has 2 aliphatic rings. The molecule has 0 bridgehead atoms. The molecule has 0 radical (unpaired) electrons. The summed E-state index contributed by atoms with van der Waals surface area (Å²) in [5.41, 5.74) is 18.6. The Labute approximate surface area is 183 Å². The number of nitrogens with zero attached hydrogens (tertiary/aromatic N) is 1. The first-order chi connectivity index (χ1) is 14.5. The lowest BCUT2D eigenvalue weighted by Crippen LogP contribution is -2.45. The minimum atomic E-state index is -0.614. The molecule has 2 atom stereocenters. The van der Waals surface area contributed by atoms with Gasteiger partial charge in [-0.2, -0.15) is 0 Å². The summed E-state index contributed by atoms with van der Waals surface area (Å²) in [6.45, 7) is 0. The molecule has 7 nitrogen and oxygen atoms in total. The van der Waals surface area contributed by atoms with E-state index in [4.69, 9.17) is 17.2 Å². The zero-order valence-electron chi connectivity index (χ0n) is 17.5. The van der Waals surface area contributed by atoms with Gasteiger partial charge in [0.25, 0.3) is 5.91 Å². The average Bonchev–Trinajstić information content (AvgIpc) is 2.75. The molecule has 0 heterocycles. The topological polar surface area (TPSA) is 132 Å². The molecule has 0 aromatic heterocycles. The maximum Gasteiger partial charge on any atom is 0.253 e. The normalized spacial score (nSPS) is 23.9. The van der Waals surface area contributed by atoms with Crippen LogP contribution >= 0.6 is 11.9 Å². The molecule has 2 fully saturated rings. The second-order valence-electron chi connectivity index (χ2n) is 8.19. The number of carbonyl (C=O) groups excluding carboxylic acids is 1. The first-order valence-electron chi connectivity index (χ1n) is 10.9. The molecular formula is C22H34N6OS. The minimum Gasteiger partial charge on any atom is -0.386 e.